The summed E-state index contributed by atoms with van der Waals surface area (Å²) >= 11 is 0. The summed E-state index contributed by atoms with van der Waals surface area (Å²) in [6.07, 6.45) is 4.13. The Hall–Kier alpha value is -3.76. The monoisotopic (exact) mass is 497 g/mol. The number of carbonyl (C=O) groups is 4. The van der Waals surface area contributed by atoms with Gasteiger partial charge in [-0.25, -0.2) is 4.68 Å². The molecule has 1 aliphatic rings. The fourth-order valence-corrected chi connectivity index (χ4v) is 4.04. The SMILES string of the molecule is CC[C@@H]1NC(=O)[C@H](CCCCNC(C)=O)NC(=O)[C@@H](C)n2cc(nn2)[C@H](Cc2ccccc2)NC1=O. The van der Waals surface area contributed by atoms with Gasteiger partial charge in [-0.3, -0.25) is 19.2 Å². The van der Waals surface area contributed by atoms with E-state index in [1.54, 1.807) is 13.1 Å². The van der Waals surface area contributed by atoms with Crippen LogP contribution < -0.4 is 21.3 Å². The number of hydrogen-bond acceptors (Lipinski definition) is 6. The number of hydrogen-bond donors (Lipinski definition) is 4. The third-order valence-electron chi connectivity index (χ3n) is 6.23. The predicted octanol–water partition coefficient (Wildman–Crippen LogP) is 0.939. The molecule has 11 heteroatoms. The molecule has 1 aromatic carbocycles. The average Bonchev–Trinajstić information content (AvgIpc) is 3.35. The van der Waals surface area contributed by atoms with Crippen LogP contribution in [0.4, 0.5) is 0 Å². The topological polar surface area (TPSA) is 147 Å². The van der Waals surface area contributed by atoms with Crippen LogP contribution in [0.15, 0.2) is 36.5 Å². The van der Waals surface area contributed by atoms with Crippen LogP contribution in [-0.4, -0.2) is 57.3 Å². The maximum atomic E-state index is 13.2. The number of amides is 4. The highest BCUT2D eigenvalue weighted by molar-refractivity contribution is 5.92. The van der Waals surface area contributed by atoms with Crippen LogP contribution in [0.2, 0.25) is 0 Å². The first-order valence-corrected chi connectivity index (χ1v) is 12.4. The number of carbonyl (C=O) groups excluding carboxylic acids is 4. The number of fused-ring (bicyclic) bond motifs is 2. The molecule has 0 saturated heterocycles. The molecule has 194 valence electrons. The summed E-state index contributed by atoms with van der Waals surface area (Å²) in [5, 5.41) is 19.7. The summed E-state index contributed by atoms with van der Waals surface area (Å²) in [5.74, 6) is -1.25. The Bertz CT molecular complexity index is 1060. The van der Waals surface area contributed by atoms with Gasteiger partial charge in [-0.1, -0.05) is 42.5 Å². The summed E-state index contributed by atoms with van der Waals surface area (Å²) in [5.41, 5.74) is 1.53. The van der Waals surface area contributed by atoms with Crippen LogP contribution in [0.3, 0.4) is 0 Å². The van der Waals surface area contributed by atoms with Crippen molar-refractivity contribution in [2.75, 3.05) is 6.54 Å². The second-order valence-electron chi connectivity index (χ2n) is 9.06. The van der Waals surface area contributed by atoms with Crippen molar-refractivity contribution in [1.29, 1.82) is 0 Å². The molecule has 0 aliphatic carbocycles. The summed E-state index contributed by atoms with van der Waals surface area (Å²) in [6.45, 7) is 5.42. The highest BCUT2D eigenvalue weighted by Gasteiger charge is 2.31. The van der Waals surface area contributed by atoms with Crippen molar-refractivity contribution in [3.05, 3.63) is 47.8 Å². The lowest BCUT2D eigenvalue weighted by Gasteiger charge is -2.25. The molecule has 4 N–H and O–H groups in total. The van der Waals surface area contributed by atoms with E-state index in [0.717, 1.165) is 5.56 Å². The maximum Gasteiger partial charge on any atom is 0.245 e. The largest absolute Gasteiger partial charge is 0.356 e. The van der Waals surface area contributed by atoms with Crippen LogP contribution in [0.25, 0.3) is 0 Å². The first-order chi connectivity index (χ1) is 17.3. The van der Waals surface area contributed by atoms with Gasteiger partial charge in [0.25, 0.3) is 0 Å². The van der Waals surface area contributed by atoms with Gasteiger partial charge in [0.1, 0.15) is 23.8 Å². The van der Waals surface area contributed by atoms with Crippen LogP contribution >= 0.6 is 0 Å². The molecule has 0 radical (unpaired) electrons. The van der Waals surface area contributed by atoms with Gasteiger partial charge in [0, 0.05) is 13.5 Å². The first kappa shape index (κ1) is 26.8. The molecular weight excluding hydrogens is 462 g/mol. The van der Waals surface area contributed by atoms with Gasteiger partial charge < -0.3 is 21.3 Å². The van der Waals surface area contributed by atoms with E-state index in [4.69, 9.17) is 0 Å². The van der Waals surface area contributed by atoms with E-state index in [1.807, 2.05) is 37.3 Å². The number of rotatable bonds is 8. The van der Waals surface area contributed by atoms with Gasteiger partial charge in [0.05, 0.1) is 12.2 Å². The van der Waals surface area contributed by atoms with E-state index >= 15 is 0 Å². The Morgan fingerprint density at radius 3 is 2.33 bits per heavy atom. The van der Waals surface area contributed by atoms with Crippen LogP contribution in [0.1, 0.15) is 69.8 Å². The molecular formula is C25H35N7O4. The molecule has 11 nitrogen and oxygen atoms in total. The summed E-state index contributed by atoms with van der Waals surface area (Å²) in [7, 11) is 0. The summed E-state index contributed by atoms with van der Waals surface area (Å²) < 4.78 is 1.44. The Labute approximate surface area is 210 Å². The van der Waals surface area contributed by atoms with Crippen LogP contribution in [-0.2, 0) is 25.6 Å². The number of benzene rings is 1. The molecule has 1 aliphatic heterocycles. The normalized spacial score (nSPS) is 22.8. The predicted molar refractivity (Wildman–Crippen MR) is 132 cm³/mol. The molecule has 0 fully saturated rings. The number of aromatic nitrogens is 3. The third-order valence-corrected chi connectivity index (χ3v) is 6.23. The molecule has 1 aromatic heterocycles. The molecule has 36 heavy (non-hydrogen) atoms. The Morgan fingerprint density at radius 2 is 1.64 bits per heavy atom. The number of unbranched alkanes of at least 4 members (excludes halogenated alkanes) is 1. The van der Waals surface area contributed by atoms with Gasteiger partial charge in [0.15, 0.2) is 0 Å². The van der Waals surface area contributed by atoms with E-state index in [-0.39, 0.29) is 17.7 Å². The van der Waals surface area contributed by atoms with Crippen molar-refractivity contribution in [3.63, 3.8) is 0 Å². The molecule has 2 bridgehead atoms. The standard InChI is InChI=1S/C25H35N7O4/c1-4-19-24(35)29-21(14-18-10-6-5-7-11-18)22-15-32(31-30-22)16(2)23(34)28-20(25(36)27-19)12-8-9-13-26-17(3)33/h5-7,10-11,15-16,19-21H,4,8-9,12-14H2,1-3H3,(H,26,33)(H,27,36)(H,28,34)(H,29,35)/t16-,19+,20+,21+/m1/s1. The minimum atomic E-state index is -0.831. The van der Waals surface area contributed by atoms with Crippen molar-refractivity contribution in [2.24, 2.45) is 0 Å². The molecule has 0 unspecified atom stereocenters. The molecule has 4 atom stereocenters. The lowest BCUT2D eigenvalue weighted by Crippen LogP contribution is -2.54. The maximum absolute atomic E-state index is 13.2. The van der Waals surface area contributed by atoms with Crippen molar-refractivity contribution < 1.29 is 19.2 Å². The van der Waals surface area contributed by atoms with Crippen LogP contribution in [0, 0.1) is 0 Å². The van der Waals surface area contributed by atoms with Gasteiger partial charge >= 0.3 is 0 Å². The summed E-state index contributed by atoms with van der Waals surface area (Å²) in [6, 6.07) is 6.88. The van der Waals surface area contributed by atoms with Crippen molar-refractivity contribution >= 4 is 23.6 Å². The quantitative estimate of drug-likeness (QED) is 0.399. The Balaban J connectivity index is 1.83. The number of nitrogens with one attached hydrogen (secondary N) is 4. The fraction of sp³-hybridized carbons (Fsp3) is 0.520. The smallest absolute Gasteiger partial charge is 0.245 e. The van der Waals surface area contributed by atoms with Gasteiger partial charge in [-0.15, -0.1) is 5.10 Å². The van der Waals surface area contributed by atoms with Crippen molar-refractivity contribution in [1.82, 2.24) is 36.3 Å². The van der Waals surface area contributed by atoms with E-state index in [9.17, 15) is 19.2 Å². The lowest BCUT2D eigenvalue weighted by atomic mass is 10.0. The van der Waals surface area contributed by atoms with E-state index < -0.39 is 30.1 Å². The third kappa shape index (κ3) is 7.37. The molecule has 2 heterocycles. The minimum absolute atomic E-state index is 0.119. The van der Waals surface area contributed by atoms with E-state index in [0.29, 0.717) is 44.3 Å². The minimum Gasteiger partial charge on any atom is -0.356 e. The molecule has 0 spiro atoms. The average molecular weight is 498 g/mol. The van der Waals surface area contributed by atoms with Crippen molar-refractivity contribution in [2.45, 2.75) is 77.0 Å². The molecule has 0 saturated carbocycles. The second kappa shape index (κ2) is 12.8. The van der Waals surface area contributed by atoms with Gasteiger partial charge in [0.2, 0.25) is 23.6 Å². The molecule has 4 amide bonds. The summed E-state index contributed by atoms with van der Waals surface area (Å²) in [4.78, 5) is 50.4. The van der Waals surface area contributed by atoms with Gasteiger partial charge in [-0.05, 0) is 44.6 Å². The van der Waals surface area contributed by atoms with Gasteiger partial charge in [-0.2, -0.15) is 0 Å². The fourth-order valence-electron chi connectivity index (χ4n) is 4.04. The lowest BCUT2D eigenvalue weighted by molar-refractivity contribution is -0.133. The Kier molecular flexibility index (Phi) is 9.54. The highest BCUT2D eigenvalue weighted by atomic mass is 16.2. The number of nitrogens with zero attached hydrogens (tertiary/aromatic N) is 3. The first-order valence-electron chi connectivity index (χ1n) is 12.4. The zero-order chi connectivity index (χ0) is 26.1. The molecule has 2 aromatic rings. The van der Waals surface area contributed by atoms with E-state index in [1.165, 1.54) is 11.6 Å². The van der Waals surface area contributed by atoms with Crippen LogP contribution in [0.5, 0.6) is 0 Å². The zero-order valence-corrected chi connectivity index (χ0v) is 21.0. The Morgan fingerprint density at radius 1 is 0.972 bits per heavy atom. The zero-order valence-electron chi connectivity index (χ0n) is 21.0. The highest BCUT2D eigenvalue weighted by Crippen LogP contribution is 2.19. The second-order valence-corrected chi connectivity index (χ2v) is 9.06. The molecule has 3 rings (SSSR count). The van der Waals surface area contributed by atoms with E-state index in [2.05, 4.69) is 31.6 Å². The van der Waals surface area contributed by atoms with Crippen molar-refractivity contribution in [3.8, 4) is 0 Å².